The molecule has 0 unspecified atom stereocenters. The molecule has 3 aromatic carbocycles. The van der Waals surface area contributed by atoms with Crippen molar-refractivity contribution in [1.29, 1.82) is 5.41 Å². The van der Waals surface area contributed by atoms with Crippen LogP contribution in [0.3, 0.4) is 0 Å². The highest BCUT2D eigenvalue weighted by Gasteiger charge is 2.38. The molecule has 9 nitrogen and oxygen atoms in total. The summed E-state index contributed by atoms with van der Waals surface area (Å²) >= 11 is 5.93. The Kier molecular flexibility index (Phi) is 8.24. The minimum Gasteiger partial charge on any atom is -0.489 e. The van der Waals surface area contributed by atoms with Gasteiger partial charge in [-0.3, -0.25) is 5.41 Å². The topological polar surface area (TPSA) is 139 Å². The molecule has 1 saturated heterocycles. The van der Waals surface area contributed by atoms with Crippen LogP contribution in [0.25, 0.3) is 22.2 Å². The highest BCUT2D eigenvalue weighted by molar-refractivity contribution is 6.30. The zero-order valence-corrected chi connectivity index (χ0v) is 21.0. The number of halogens is 4. The van der Waals surface area contributed by atoms with Crippen LogP contribution in [-0.4, -0.2) is 44.8 Å². The number of aliphatic carboxylic acids is 1. The van der Waals surface area contributed by atoms with Gasteiger partial charge in [-0.05, 0) is 59.5 Å². The van der Waals surface area contributed by atoms with Crippen LogP contribution in [-0.2, 0) is 11.4 Å². The fourth-order valence-corrected chi connectivity index (χ4v) is 4.13. The summed E-state index contributed by atoms with van der Waals surface area (Å²) in [5.74, 6) is -0.897. The number of rotatable bonds is 5. The van der Waals surface area contributed by atoms with Crippen molar-refractivity contribution >= 4 is 34.3 Å². The molecule has 1 aromatic heterocycles. The Labute approximate surface area is 225 Å². The van der Waals surface area contributed by atoms with Crippen LogP contribution < -0.4 is 10.5 Å². The molecule has 0 radical (unpaired) electrons. The molecule has 0 bridgehead atoms. The molecular weight excluding hydrogens is 539 g/mol. The van der Waals surface area contributed by atoms with Crippen molar-refractivity contribution in [3.63, 3.8) is 0 Å². The molecule has 1 aliphatic heterocycles. The first-order valence-corrected chi connectivity index (χ1v) is 12.0. The fraction of sp³-hybridized carbons (Fsp3) is 0.231. The average Bonchev–Trinajstić information content (AvgIpc) is 3.58. The summed E-state index contributed by atoms with van der Waals surface area (Å²) in [6.45, 7) is 1.21. The van der Waals surface area contributed by atoms with Crippen LogP contribution in [0.15, 0.2) is 65.2 Å². The predicted molar refractivity (Wildman–Crippen MR) is 137 cm³/mol. The summed E-state index contributed by atoms with van der Waals surface area (Å²) in [5.41, 5.74) is 7.61. The number of guanidine groups is 1. The smallest absolute Gasteiger partial charge is 0.489 e. The first-order chi connectivity index (χ1) is 18.5. The summed E-state index contributed by atoms with van der Waals surface area (Å²) in [5, 5.41) is 21.8. The monoisotopic (exact) mass is 561 g/mol. The molecule has 1 atom stereocenters. The Morgan fingerprint density at radius 3 is 2.49 bits per heavy atom. The zero-order valence-electron chi connectivity index (χ0n) is 20.3. The van der Waals surface area contributed by atoms with E-state index in [-0.39, 0.29) is 12.0 Å². The summed E-state index contributed by atoms with van der Waals surface area (Å²) < 4.78 is 43.2. The molecule has 1 aliphatic rings. The lowest BCUT2D eigenvalue weighted by Gasteiger charge is -2.21. The van der Waals surface area contributed by atoms with Gasteiger partial charge in [0.15, 0.2) is 5.96 Å². The van der Waals surface area contributed by atoms with Gasteiger partial charge in [0.2, 0.25) is 11.7 Å². The Hall–Kier alpha value is -4.32. The van der Waals surface area contributed by atoms with E-state index in [0.717, 1.165) is 47.0 Å². The van der Waals surface area contributed by atoms with Crippen molar-refractivity contribution in [1.82, 2.24) is 15.0 Å². The third kappa shape index (κ3) is 6.96. The van der Waals surface area contributed by atoms with Crippen molar-refractivity contribution in [3.05, 3.63) is 77.1 Å². The molecule has 0 spiro atoms. The molecule has 0 aliphatic carbocycles. The van der Waals surface area contributed by atoms with Crippen molar-refractivity contribution in [2.75, 3.05) is 6.54 Å². The van der Waals surface area contributed by atoms with Crippen LogP contribution in [0.4, 0.5) is 13.2 Å². The van der Waals surface area contributed by atoms with Crippen molar-refractivity contribution < 1.29 is 32.3 Å². The summed E-state index contributed by atoms with van der Waals surface area (Å²) in [7, 11) is 0. The molecule has 0 saturated carbocycles. The van der Waals surface area contributed by atoms with Gasteiger partial charge in [0.25, 0.3) is 0 Å². The van der Waals surface area contributed by atoms with E-state index in [4.69, 9.17) is 41.9 Å². The van der Waals surface area contributed by atoms with E-state index in [9.17, 15) is 13.2 Å². The molecule has 0 amide bonds. The number of aromatic nitrogens is 2. The van der Waals surface area contributed by atoms with E-state index < -0.39 is 12.1 Å². The molecule has 4 aromatic rings. The molecule has 204 valence electrons. The van der Waals surface area contributed by atoms with Gasteiger partial charge < -0.3 is 25.0 Å². The van der Waals surface area contributed by atoms with Crippen molar-refractivity contribution in [3.8, 4) is 17.1 Å². The quantitative estimate of drug-likeness (QED) is 0.206. The summed E-state index contributed by atoms with van der Waals surface area (Å²) in [6, 6.07) is 19.5. The molecule has 1 fully saturated rings. The highest BCUT2D eigenvalue weighted by Crippen LogP contribution is 2.32. The summed E-state index contributed by atoms with van der Waals surface area (Å²) in [6.07, 6.45) is -3.29. The lowest BCUT2D eigenvalue weighted by atomic mass is 10.1. The Morgan fingerprint density at radius 2 is 1.82 bits per heavy atom. The number of carbonyl (C=O) groups is 1. The first kappa shape index (κ1) is 27.7. The van der Waals surface area contributed by atoms with Gasteiger partial charge in [-0.15, -0.1) is 0 Å². The number of nitrogens with one attached hydrogen (secondary N) is 1. The molecule has 5 rings (SSSR count). The van der Waals surface area contributed by atoms with Gasteiger partial charge >= 0.3 is 12.1 Å². The maximum Gasteiger partial charge on any atom is 0.490 e. The third-order valence-electron chi connectivity index (χ3n) is 5.92. The van der Waals surface area contributed by atoms with Gasteiger partial charge in [0.1, 0.15) is 18.4 Å². The molecule has 39 heavy (non-hydrogen) atoms. The van der Waals surface area contributed by atoms with Crippen LogP contribution >= 0.6 is 11.6 Å². The van der Waals surface area contributed by atoms with Gasteiger partial charge in [-0.25, -0.2) is 4.79 Å². The number of alkyl halides is 3. The maximum absolute atomic E-state index is 10.6. The second-order valence-electron chi connectivity index (χ2n) is 8.63. The normalized spacial score (nSPS) is 15.1. The minimum absolute atomic E-state index is 0.0343. The Bertz CT molecular complexity index is 1480. The van der Waals surface area contributed by atoms with Gasteiger partial charge in [-0.1, -0.05) is 47.1 Å². The highest BCUT2D eigenvalue weighted by atomic mass is 35.5. The zero-order chi connectivity index (χ0) is 28.2. The van der Waals surface area contributed by atoms with E-state index in [1.165, 1.54) is 0 Å². The lowest BCUT2D eigenvalue weighted by Crippen LogP contribution is -2.35. The van der Waals surface area contributed by atoms with Gasteiger partial charge in [-0.2, -0.15) is 18.2 Å². The van der Waals surface area contributed by atoms with Crippen molar-refractivity contribution in [2.24, 2.45) is 5.73 Å². The number of hydrogen-bond acceptors (Lipinski definition) is 6. The minimum atomic E-state index is -5.08. The second-order valence-corrected chi connectivity index (χ2v) is 9.07. The van der Waals surface area contributed by atoms with E-state index in [1.54, 1.807) is 4.90 Å². The van der Waals surface area contributed by atoms with E-state index >= 15 is 0 Å². The molecule has 4 N–H and O–H groups in total. The van der Waals surface area contributed by atoms with Crippen LogP contribution in [0.5, 0.6) is 5.75 Å². The SMILES string of the molecule is N=C(N)N1CCC[C@H]1c1nc(-c2ccc3cc(OCc4ccc(Cl)cc4)ccc3c2)no1.O=C(O)C(F)(F)F. The number of nitrogens with zero attached hydrogens (tertiary/aromatic N) is 3. The lowest BCUT2D eigenvalue weighted by molar-refractivity contribution is -0.192. The number of hydrogen-bond donors (Lipinski definition) is 3. The first-order valence-electron chi connectivity index (χ1n) is 11.7. The van der Waals surface area contributed by atoms with E-state index in [2.05, 4.69) is 10.1 Å². The predicted octanol–water partition coefficient (Wildman–Crippen LogP) is 5.79. The average molecular weight is 562 g/mol. The van der Waals surface area contributed by atoms with Gasteiger partial charge in [0.05, 0.1) is 0 Å². The fourth-order valence-electron chi connectivity index (χ4n) is 4.00. The number of nitrogens with two attached hydrogens (primary N) is 1. The Morgan fingerprint density at radius 1 is 1.15 bits per heavy atom. The number of likely N-dealkylation sites (tertiary alicyclic amines) is 1. The number of benzene rings is 3. The number of carboxylic acid groups (broad SMARTS) is 1. The number of carboxylic acids is 1. The Balaban J connectivity index is 0.000000448. The number of fused-ring (bicyclic) bond motifs is 1. The summed E-state index contributed by atoms with van der Waals surface area (Å²) in [4.78, 5) is 15.3. The van der Waals surface area contributed by atoms with Crippen LogP contribution in [0, 0.1) is 5.41 Å². The third-order valence-corrected chi connectivity index (χ3v) is 6.17. The molecular formula is C26H23ClF3N5O4. The second kappa shape index (κ2) is 11.6. The standard InChI is InChI=1S/C24H22ClN5O2.C2HF3O2/c25-19-8-3-15(4-9-19)14-31-20-10-7-16-12-18(6-5-17(16)13-20)22-28-23(32-29-22)21-2-1-11-30(21)24(26)27;3-2(4,5)1(6)7/h3-10,12-13,21H,1-2,11,14H2,(H3,26,27);(H,6,7)/t21-;/m0./s1. The maximum atomic E-state index is 10.6. The largest absolute Gasteiger partial charge is 0.490 e. The number of ether oxygens (including phenoxy) is 1. The van der Waals surface area contributed by atoms with Crippen LogP contribution in [0.1, 0.15) is 30.3 Å². The van der Waals surface area contributed by atoms with E-state index in [1.807, 2.05) is 60.7 Å². The van der Waals surface area contributed by atoms with Gasteiger partial charge in [0, 0.05) is 17.1 Å². The van der Waals surface area contributed by atoms with E-state index in [0.29, 0.717) is 23.3 Å². The van der Waals surface area contributed by atoms with Crippen LogP contribution in [0.2, 0.25) is 5.02 Å². The molecule has 13 heteroatoms. The van der Waals surface area contributed by atoms with Crippen molar-refractivity contribution in [2.45, 2.75) is 31.7 Å². The molecule has 2 heterocycles.